The topological polar surface area (TPSA) is 254 Å². The third-order valence-corrected chi connectivity index (χ3v) is 13.9. The van der Waals surface area contributed by atoms with Gasteiger partial charge in [-0.15, -0.1) is 0 Å². The highest BCUT2D eigenvalue weighted by atomic mass is 35.5. The predicted molar refractivity (Wildman–Crippen MR) is 293 cm³/mol. The Morgan fingerprint density at radius 2 is 0.868 bits per heavy atom. The zero-order valence-corrected chi connectivity index (χ0v) is 43.2. The fourth-order valence-corrected chi connectivity index (χ4v) is 9.59. The first-order chi connectivity index (χ1) is 37.1. The summed E-state index contributed by atoms with van der Waals surface area (Å²) in [6.07, 6.45) is 26.8. The average molecular weight is 1050 g/mol. The number of aromatic nitrogens is 8. The van der Waals surface area contributed by atoms with Crippen molar-refractivity contribution in [1.82, 2.24) is 38.5 Å². The van der Waals surface area contributed by atoms with Gasteiger partial charge in [0, 0.05) is 88.6 Å². The second-order valence-corrected chi connectivity index (χ2v) is 19.1. The number of nitrogens with one attached hydrogen (secondary N) is 3. The van der Waals surface area contributed by atoms with E-state index in [2.05, 4.69) is 46.0 Å². The Kier molecular flexibility index (Phi) is 19.4. The molecule has 4 aliphatic rings. The van der Waals surface area contributed by atoms with Crippen LogP contribution in [0.4, 0.5) is 28.4 Å². The smallest absolute Gasteiger partial charge is 0.252 e. The average Bonchev–Trinajstić information content (AvgIpc) is 4.29. The van der Waals surface area contributed by atoms with Gasteiger partial charge in [0.25, 0.3) is 11.8 Å². The van der Waals surface area contributed by atoms with E-state index in [9.17, 15) is 9.59 Å². The number of hydrogen-bond donors (Lipinski definition) is 6. The summed E-state index contributed by atoms with van der Waals surface area (Å²) in [7, 11) is 0. The van der Waals surface area contributed by atoms with Crippen molar-refractivity contribution in [3.63, 3.8) is 0 Å². The third kappa shape index (κ3) is 14.1. The van der Waals surface area contributed by atoms with E-state index in [0.29, 0.717) is 51.7 Å². The van der Waals surface area contributed by atoms with Crippen molar-refractivity contribution in [3.8, 4) is 0 Å². The molecule has 4 fully saturated rings. The number of fused-ring (bicyclic) bond motifs is 4. The molecule has 2 amide bonds. The lowest BCUT2D eigenvalue weighted by molar-refractivity contribution is 0.0866. The van der Waals surface area contributed by atoms with Crippen molar-refractivity contribution in [1.29, 1.82) is 0 Å². The summed E-state index contributed by atoms with van der Waals surface area (Å²) in [6.45, 7) is 18.8. The molecule has 0 unspecified atom stereocenters. The molecule has 3 saturated heterocycles. The Morgan fingerprint density at radius 3 is 1.28 bits per heavy atom. The quantitative estimate of drug-likeness (QED) is 0.0616. The molecule has 21 nitrogen and oxygen atoms in total. The number of hydrogen-bond acceptors (Lipinski definition) is 13. The van der Waals surface area contributed by atoms with E-state index in [0.717, 1.165) is 130 Å². The van der Waals surface area contributed by atoms with E-state index in [1.165, 1.54) is 38.1 Å². The molecular weight excluding hydrogens is 988 g/mol. The maximum atomic E-state index is 11.6. The lowest BCUT2D eigenvalue weighted by atomic mass is 10.1. The Labute approximate surface area is 445 Å². The zero-order valence-electron chi connectivity index (χ0n) is 42.4. The maximum absolute atomic E-state index is 11.6. The number of primary amides is 2. The van der Waals surface area contributed by atoms with Crippen LogP contribution in [0.25, 0.3) is 31.8 Å². The van der Waals surface area contributed by atoms with Crippen LogP contribution in [-0.4, -0.2) is 114 Å². The van der Waals surface area contributed by atoms with E-state index >= 15 is 0 Å². The molecule has 9 N–H and O–H groups in total. The maximum Gasteiger partial charge on any atom is 0.252 e. The van der Waals surface area contributed by atoms with Gasteiger partial charge in [0.2, 0.25) is 11.4 Å². The summed E-state index contributed by atoms with van der Waals surface area (Å²) in [5.41, 5.74) is 24.3. The lowest BCUT2D eigenvalue weighted by Gasteiger charge is -2.25. The van der Waals surface area contributed by atoms with Crippen molar-refractivity contribution in [3.05, 3.63) is 137 Å². The highest BCUT2D eigenvalue weighted by Crippen LogP contribution is 2.32. The Balaban J connectivity index is 0.000000130. The molecule has 0 bridgehead atoms. The molecule has 398 valence electrons. The van der Waals surface area contributed by atoms with Gasteiger partial charge in [0.15, 0.2) is 0 Å². The van der Waals surface area contributed by atoms with Crippen LogP contribution in [0.15, 0.2) is 98.1 Å². The fourth-order valence-electron chi connectivity index (χ4n) is 9.35. The fraction of sp³-hybridized carbons (Fsp3) is 0.407. The minimum atomic E-state index is -0.467. The largest absolute Gasteiger partial charge is 0.389 e. The number of ether oxygens (including phenoxy) is 3. The number of anilines is 3. The minimum Gasteiger partial charge on any atom is -0.389 e. The normalized spacial score (nSPS) is 16.5. The molecule has 8 aromatic heterocycles. The second-order valence-electron chi connectivity index (χ2n) is 18.8. The van der Waals surface area contributed by atoms with Crippen LogP contribution in [0.5, 0.6) is 0 Å². The number of amides is 2. The van der Waals surface area contributed by atoms with E-state index in [1.807, 2.05) is 67.1 Å². The summed E-state index contributed by atoms with van der Waals surface area (Å²) in [6, 6.07) is 16.8. The van der Waals surface area contributed by atoms with Gasteiger partial charge in [-0.05, 0) is 99.9 Å². The number of nitrogens with two attached hydrogens (primary N) is 3. The summed E-state index contributed by atoms with van der Waals surface area (Å²) < 4.78 is 22.7. The summed E-state index contributed by atoms with van der Waals surface area (Å²) in [5, 5.41) is 27.5. The molecule has 0 radical (unpaired) electrons. The van der Waals surface area contributed by atoms with Gasteiger partial charge in [-0.1, -0.05) is 37.3 Å². The summed E-state index contributed by atoms with van der Waals surface area (Å²) in [4.78, 5) is 30.0. The van der Waals surface area contributed by atoms with Crippen molar-refractivity contribution in [2.24, 2.45) is 17.2 Å². The molecule has 22 heteroatoms. The van der Waals surface area contributed by atoms with Gasteiger partial charge in [-0.2, -0.15) is 20.4 Å². The minimum absolute atomic E-state index is 0.299. The van der Waals surface area contributed by atoms with Gasteiger partial charge >= 0.3 is 0 Å². The monoisotopic (exact) mass is 1050 g/mol. The Hall–Kier alpha value is -7.79. The van der Waals surface area contributed by atoms with Crippen LogP contribution in [-0.2, 0) is 14.2 Å². The molecular formula is C54H65ClN16O5. The number of carbonyl (C=O) groups is 2. The lowest BCUT2D eigenvalue weighted by Crippen LogP contribution is -2.29. The third-order valence-electron chi connectivity index (χ3n) is 13.5. The molecule has 3 aliphatic heterocycles. The molecule has 0 atom stereocenters. The van der Waals surface area contributed by atoms with E-state index in [-0.39, 0.29) is 0 Å². The van der Waals surface area contributed by atoms with E-state index in [1.54, 1.807) is 36.7 Å². The number of nitrogens with zero attached hydrogens (tertiary/aromatic N) is 10. The molecule has 0 aromatic carbocycles. The summed E-state index contributed by atoms with van der Waals surface area (Å²) in [5.74, 6) is -0.900. The van der Waals surface area contributed by atoms with Gasteiger partial charge in [0.1, 0.15) is 0 Å². The molecule has 1 aliphatic carbocycles. The van der Waals surface area contributed by atoms with Gasteiger partial charge < -0.3 is 47.4 Å². The molecule has 0 spiro atoms. The van der Waals surface area contributed by atoms with Gasteiger partial charge in [0.05, 0.1) is 93.2 Å². The van der Waals surface area contributed by atoms with Crippen LogP contribution in [0, 0.1) is 13.1 Å². The Bertz CT molecular complexity index is 3260. The predicted octanol–water partition coefficient (Wildman–Crippen LogP) is 8.73. The van der Waals surface area contributed by atoms with Crippen LogP contribution in [0.2, 0.25) is 5.02 Å². The number of carbonyl (C=O) groups excluding carboxylic acids is 2. The second kappa shape index (κ2) is 27.1. The highest BCUT2D eigenvalue weighted by Gasteiger charge is 2.22. The molecule has 12 rings (SSSR count). The number of halogens is 1. The first-order valence-corrected chi connectivity index (χ1v) is 26.1. The van der Waals surface area contributed by atoms with Crippen LogP contribution in [0.1, 0.15) is 97.8 Å². The zero-order chi connectivity index (χ0) is 53.2. The van der Waals surface area contributed by atoms with Crippen molar-refractivity contribution in [2.45, 2.75) is 101 Å². The van der Waals surface area contributed by atoms with Crippen LogP contribution >= 0.6 is 11.6 Å². The van der Waals surface area contributed by atoms with Crippen molar-refractivity contribution < 1.29 is 23.8 Å². The first kappa shape index (κ1) is 54.5. The Morgan fingerprint density at radius 1 is 0.513 bits per heavy atom. The molecule has 1 saturated carbocycles. The van der Waals surface area contributed by atoms with Gasteiger partial charge in [-0.3, -0.25) is 9.59 Å². The van der Waals surface area contributed by atoms with E-state index < -0.39 is 11.8 Å². The molecule has 76 heavy (non-hydrogen) atoms. The molecule has 8 aromatic rings. The van der Waals surface area contributed by atoms with Crippen molar-refractivity contribution in [2.75, 3.05) is 55.6 Å². The first-order valence-electron chi connectivity index (χ1n) is 25.8. The standard InChI is InChI=1S/C15H20N4O.C13H16N4O2.C13H14N4O.C8H4ClN3.C5H11NO/c16-15(20)12-10-17-19-9-5-8-13(19)14(12)18-11-6-3-1-2-4-7-11;14-13(18)10-8-15-17-5-1-2-11(17)12(10)16-9-3-6-19-7-4-9;1-14-11-9-15-17-6-2-3-12(17)13(11)16-10-4-7-18-8-5-10;1-10-6-5-11-12-4-2-3-7(12)8(6)9;6-5-1-3-7-4-2-5/h5,8-11,18H,1-4,6-7H2,(H2,16,20);1-2,5,8-9,16H,3-4,6-7H2,(H2,14,18);2-3,6,9-10,16H,4-5,7-8H2;2-5H;5H,1-4,6H2. The SMILES string of the molecule is NC(=O)c1cnn2cccc2c1NC1CCCCCC1.NC(=O)c1cnn2cccc2c1NC1CCOCC1.NC1CCOCC1.[C-]#[N+]c1cnn2cccc2c1Cl.[C-]#[N+]c1cnn2cccc2c1NC1CCOCC1. The molecule has 11 heterocycles. The van der Waals surface area contributed by atoms with Gasteiger partial charge in [-0.25, -0.2) is 27.8 Å². The van der Waals surface area contributed by atoms with E-state index in [4.69, 9.17) is 56.2 Å². The van der Waals surface area contributed by atoms with Crippen LogP contribution in [0.3, 0.4) is 0 Å². The van der Waals surface area contributed by atoms with Crippen molar-refractivity contribution >= 4 is 73.9 Å². The number of rotatable bonds is 8. The highest BCUT2D eigenvalue weighted by molar-refractivity contribution is 6.36. The van der Waals surface area contributed by atoms with Crippen LogP contribution < -0.4 is 33.2 Å². The summed E-state index contributed by atoms with van der Waals surface area (Å²) >= 11 is 5.91.